The normalized spacial score (nSPS) is 10.2. The van der Waals surface area contributed by atoms with Crippen LogP contribution in [0.2, 0.25) is 0 Å². The molecule has 0 spiro atoms. The molecule has 2 rings (SSSR count). The predicted octanol–water partition coefficient (Wildman–Crippen LogP) is 2.67. The molecule has 1 aromatic carbocycles. The van der Waals surface area contributed by atoms with Crippen LogP contribution in [0.3, 0.4) is 0 Å². The van der Waals surface area contributed by atoms with E-state index in [1.54, 1.807) is 7.11 Å². The fraction of sp³-hybridized carbons (Fsp3) is 0.250. The zero-order chi connectivity index (χ0) is 15.4. The molecule has 0 saturated carbocycles. The van der Waals surface area contributed by atoms with Crippen molar-refractivity contribution in [1.82, 2.24) is 4.98 Å². The Kier molecular flexibility index (Phi) is 4.75. The van der Waals surface area contributed by atoms with Gasteiger partial charge in [0.05, 0.1) is 19.3 Å². The van der Waals surface area contributed by atoms with Gasteiger partial charge in [-0.15, -0.1) is 0 Å². The Labute approximate surface area is 130 Å². The molecule has 0 fully saturated rings. The number of nitrogens with zero attached hydrogens (tertiary/aromatic N) is 2. The van der Waals surface area contributed by atoms with Gasteiger partial charge in [-0.1, -0.05) is 12.2 Å². The van der Waals surface area contributed by atoms with Crippen molar-refractivity contribution in [2.75, 3.05) is 19.1 Å². The van der Waals surface area contributed by atoms with Crippen LogP contribution in [0.25, 0.3) is 0 Å². The minimum atomic E-state index is 0.411. The van der Waals surface area contributed by atoms with Crippen LogP contribution < -0.4 is 15.4 Å². The SMILES string of the molecule is COc1cc(C)nc(CN(C)c2ccc(C(N)=S)cc2)c1. The number of methoxy groups -OCH3 is 1. The van der Waals surface area contributed by atoms with E-state index in [9.17, 15) is 0 Å². The first-order valence-corrected chi connectivity index (χ1v) is 7.03. The van der Waals surface area contributed by atoms with Gasteiger partial charge in [-0.3, -0.25) is 4.98 Å². The van der Waals surface area contributed by atoms with Crippen molar-refractivity contribution in [3.63, 3.8) is 0 Å². The summed E-state index contributed by atoms with van der Waals surface area (Å²) >= 11 is 4.96. The predicted molar refractivity (Wildman–Crippen MR) is 90.0 cm³/mol. The summed E-state index contributed by atoms with van der Waals surface area (Å²) in [6.07, 6.45) is 0. The Morgan fingerprint density at radius 1 is 1.29 bits per heavy atom. The third-order valence-electron chi connectivity index (χ3n) is 3.21. The Hall–Kier alpha value is -2.14. The average molecular weight is 301 g/mol. The van der Waals surface area contributed by atoms with Crippen molar-refractivity contribution < 1.29 is 4.74 Å². The molecular weight excluding hydrogens is 282 g/mol. The van der Waals surface area contributed by atoms with Gasteiger partial charge in [0, 0.05) is 36.1 Å². The number of pyridine rings is 1. The van der Waals surface area contributed by atoms with E-state index in [1.807, 2.05) is 50.4 Å². The maximum atomic E-state index is 5.61. The molecule has 2 N–H and O–H groups in total. The molecule has 0 atom stereocenters. The smallest absolute Gasteiger partial charge is 0.122 e. The first-order valence-electron chi connectivity index (χ1n) is 6.62. The van der Waals surface area contributed by atoms with E-state index in [2.05, 4.69) is 9.88 Å². The summed E-state index contributed by atoms with van der Waals surface area (Å²) < 4.78 is 5.28. The highest BCUT2D eigenvalue weighted by Gasteiger charge is 2.06. The highest BCUT2D eigenvalue weighted by molar-refractivity contribution is 7.80. The lowest BCUT2D eigenvalue weighted by Crippen LogP contribution is -2.18. The first-order chi connectivity index (χ1) is 9.99. The Morgan fingerprint density at radius 2 is 1.95 bits per heavy atom. The average Bonchev–Trinajstić information content (AvgIpc) is 2.46. The molecule has 1 heterocycles. The van der Waals surface area contributed by atoms with Crippen molar-refractivity contribution in [3.05, 3.63) is 53.3 Å². The third-order valence-corrected chi connectivity index (χ3v) is 3.44. The number of anilines is 1. The molecule has 0 unspecified atom stereocenters. The van der Waals surface area contributed by atoms with Gasteiger partial charge in [-0.05, 0) is 31.2 Å². The number of hydrogen-bond donors (Lipinski definition) is 1. The zero-order valence-electron chi connectivity index (χ0n) is 12.5. The number of aromatic nitrogens is 1. The van der Waals surface area contributed by atoms with Crippen LogP contribution in [0.1, 0.15) is 17.0 Å². The number of benzene rings is 1. The minimum absolute atomic E-state index is 0.411. The van der Waals surface area contributed by atoms with Crippen molar-refractivity contribution >= 4 is 22.9 Å². The summed E-state index contributed by atoms with van der Waals surface area (Å²) in [4.78, 5) is 7.06. The zero-order valence-corrected chi connectivity index (χ0v) is 13.3. The van der Waals surface area contributed by atoms with E-state index >= 15 is 0 Å². The largest absolute Gasteiger partial charge is 0.497 e. The summed E-state index contributed by atoms with van der Waals surface area (Å²) in [5, 5.41) is 0. The maximum Gasteiger partial charge on any atom is 0.122 e. The number of nitrogens with two attached hydrogens (primary N) is 1. The van der Waals surface area contributed by atoms with Gasteiger partial charge in [0.15, 0.2) is 0 Å². The second kappa shape index (κ2) is 6.54. The molecule has 0 amide bonds. The molecule has 2 aromatic rings. The van der Waals surface area contributed by atoms with Gasteiger partial charge in [0.2, 0.25) is 0 Å². The highest BCUT2D eigenvalue weighted by Crippen LogP contribution is 2.19. The quantitative estimate of drug-likeness (QED) is 0.861. The van der Waals surface area contributed by atoms with E-state index in [0.29, 0.717) is 11.5 Å². The Bertz CT molecular complexity index is 640. The standard InChI is InChI=1S/C16H19N3OS/c1-11-8-15(20-3)9-13(18-11)10-19(2)14-6-4-12(5-7-14)16(17)21/h4-9H,10H2,1-3H3,(H2,17,21). The fourth-order valence-corrected chi connectivity index (χ4v) is 2.25. The second-order valence-electron chi connectivity index (χ2n) is 4.91. The Balaban J connectivity index is 2.15. The van der Waals surface area contributed by atoms with Crippen molar-refractivity contribution in [2.45, 2.75) is 13.5 Å². The highest BCUT2D eigenvalue weighted by atomic mass is 32.1. The number of ether oxygens (including phenoxy) is 1. The van der Waals surface area contributed by atoms with E-state index in [4.69, 9.17) is 22.7 Å². The van der Waals surface area contributed by atoms with Gasteiger partial charge >= 0.3 is 0 Å². The van der Waals surface area contributed by atoms with Crippen LogP contribution >= 0.6 is 12.2 Å². The summed E-state index contributed by atoms with van der Waals surface area (Å²) in [6.45, 7) is 2.66. The third kappa shape index (κ3) is 3.92. The van der Waals surface area contributed by atoms with Crippen LogP contribution in [0, 0.1) is 6.92 Å². The molecule has 0 radical (unpaired) electrons. The number of rotatable bonds is 5. The molecule has 0 aliphatic heterocycles. The molecule has 5 heteroatoms. The van der Waals surface area contributed by atoms with Crippen molar-refractivity contribution in [2.24, 2.45) is 5.73 Å². The van der Waals surface area contributed by atoms with Gasteiger partial charge < -0.3 is 15.4 Å². The van der Waals surface area contributed by atoms with Crippen LogP contribution in [-0.4, -0.2) is 24.1 Å². The lowest BCUT2D eigenvalue weighted by atomic mass is 10.2. The number of thiocarbonyl (C=S) groups is 1. The molecule has 0 aliphatic carbocycles. The Morgan fingerprint density at radius 3 is 2.52 bits per heavy atom. The molecule has 4 nitrogen and oxygen atoms in total. The monoisotopic (exact) mass is 301 g/mol. The molecule has 0 aliphatic rings. The molecule has 0 bridgehead atoms. The van der Waals surface area contributed by atoms with Crippen LogP contribution in [0.5, 0.6) is 5.75 Å². The molecule has 21 heavy (non-hydrogen) atoms. The van der Waals surface area contributed by atoms with Crippen LogP contribution in [0.15, 0.2) is 36.4 Å². The minimum Gasteiger partial charge on any atom is -0.497 e. The molecular formula is C16H19N3OS. The molecule has 110 valence electrons. The van der Waals surface area contributed by atoms with Gasteiger partial charge in [-0.25, -0.2) is 0 Å². The summed E-state index contributed by atoms with van der Waals surface area (Å²) in [5.74, 6) is 0.828. The number of hydrogen-bond acceptors (Lipinski definition) is 4. The van der Waals surface area contributed by atoms with Crippen molar-refractivity contribution in [3.8, 4) is 5.75 Å². The lowest BCUT2D eigenvalue weighted by Gasteiger charge is -2.19. The molecule has 1 aromatic heterocycles. The van der Waals surface area contributed by atoms with Gasteiger partial charge in [0.1, 0.15) is 10.7 Å². The summed E-state index contributed by atoms with van der Waals surface area (Å²) in [7, 11) is 3.68. The van der Waals surface area contributed by atoms with Gasteiger partial charge in [0.25, 0.3) is 0 Å². The number of aryl methyl sites for hydroxylation is 1. The molecule has 0 saturated heterocycles. The van der Waals surface area contributed by atoms with E-state index < -0.39 is 0 Å². The maximum absolute atomic E-state index is 5.61. The first kappa shape index (κ1) is 15.3. The topological polar surface area (TPSA) is 51.4 Å². The van der Waals surface area contributed by atoms with E-state index in [-0.39, 0.29) is 0 Å². The van der Waals surface area contributed by atoms with Gasteiger partial charge in [-0.2, -0.15) is 0 Å². The summed E-state index contributed by atoms with van der Waals surface area (Å²) in [6, 6.07) is 11.7. The van der Waals surface area contributed by atoms with E-state index in [1.165, 1.54) is 0 Å². The van der Waals surface area contributed by atoms with E-state index in [0.717, 1.165) is 28.4 Å². The van der Waals surface area contributed by atoms with Crippen molar-refractivity contribution in [1.29, 1.82) is 0 Å². The second-order valence-corrected chi connectivity index (χ2v) is 5.35. The summed E-state index contributed by atoms with van der Waals surface area (Å²) in [5.41, 5.74) is 9.47. The fourth-order valence-electron chi connectivity index (χ4n) is 2.12. The lowest BCUT2D eigenvalue weighted by molar-refractivity contribution is 0.413. The van der Waals surface area contributed by atoms with Crippen LogP contribution in [-0.2, 0) is 6.54 Å². The van der Waals surface area contributed by atoms with Crippen LogP contribution in [0.4, 0.5) is 5.69 Å².